The van der Waals surface area contributed by atoms with Crippen molar-refractivity contribution in [3.63, 3.8) is 0 Å². The molecule has 0 spiro atoms. The highest BCUT2D eigenvalue weighted by atomic mass is 79.9. The molecule has 138 valence electrons. The van der Waals surface area contributed by atoms with Gasteiger partial charge in [-0.05, 0) is 61.4 Å². The third-order valence-electron chi connectivity index (χ3n) is 4.69. The highest BCUT2D eigenvalue weighted by molar-refractivity contribution is 9.10. The molecule has 26 heavy (non-hydrogen) atoms. The Hall–Kier alpha value is -1.86. The van der Waals surface area contributed by atoms with Crippen molar-refractivity contribution in [2.45, 2.75) is 37.6 Å². The average Bonchev–Trinajstić information content (AvgIpc) is 2.96. The quantitative estimate of drug-likeness (QED) is 0.728. The summed E-state index contributed by atoms with van der Waals surface area (Å²) < 4.78 is 28.2. The van der Waals surface area contributed by atoms with Gasteiger partial charge in [0.25, 0.3) is 10.0 Å². The van der Waals surface area contributed by atoms with Crippen molar-refractivity contribution in [3.8, 4) is 0 Å². The Bertz CT molecular complexity index is 942. The van der Waals surface area contributed by atoms with Crippen molar-refractivity contribution in [2.75, 3.05) is 16.3 Å². The lowest BCUT2D eigenvalue weighted by Gasteiger charge is -2.22. The standard InChI is InChI=1S/C19H21BrN2O3S/c1-4-19(23)22-13(2)11-14-12-17(9-10-18(14)22)26(24,25)21(3)16-7-5-15(20)6-8-16/h5-10,12-13H,4,11H2,1-3H3. The van der Waals surface area contributed by atoms with Crippen LogP contribution in [-0.2, 0) is 21.2 Å². The van der Waals surface area contributed by atoms with Crippen LogP contribution in [0.2, 0.25) is 0 Å². The van der Waals surface area contributed by atoms with Crippen LogP contribution in [0.15, 0.2) is 51.8 Å². The van der Waals surface area contributed by atoms with E-state index in [4.69, 9.17) is 0 Å². The van der Waals surface area contributed by atoms with Crippen LogP contribution in [0.3, 0.4) is 0 Å². The Morgan fingerprint density at radius 1 is 1.23 bits per heavy atom. The number of hydrogen-bond acceptors (Lipinski definition) is 3. The molecule has 1 amide bonds. The molecule has 0 saturated carbocycles. The molecule has 3 rings (SSSR count). The number of rotatable bonds is 4. The summed E-state index contributed by atoms with van der Waals surface area (Å²) in [5.74, 6) is 0.0545. The van der Waals surface area contributed by atoms with E-state index < -0.39 is 10.0 Å². The number of carbonyl (C=O) groups is 1. The van der Waals surface area contributed by atoms with Crippen LogP contribution < -0.4 is 9.21 Å². The molecule has 0 bridgehead atoms. The van der Waals surface area contributed by atoms with Gasteiger partial charge in [-0.3, -0.25) is 9.10 Å². The summed E-state index contributed by atoms with van der Waals surface area (Å²) in [4.78, 5) is 14.2. The summed E-state index contributed by atoms with van der Waals surface area (Å²) in [6, 6.07) is 12.2. The number of halogens is 1. The van der Waals surface area contributed by atoms with Gasteiger partial charge >= 0.3 is 0 Å². The average molecular weight is 437 g/mol. The third-order valence-corrected chi connectivity index (χ3v) is 7.00. The minimum Gasteiger partial charge on any atom is -0.309 e. The van der Waals surface area contributed by atoms with Crippen LogP contribution >= 0.6 is 15.9 Å². The second kappa shape index (κ2) is 7.04. The zero-order valence-electron chi connectivity index (χ0n) is 14.9. The largest absolute Gasteiger partial charge is 0.309 e. The predicted octanol–water partition coefficient (Wildman–Crippen LogP) is 3.96. The fourth-order valence-electron chi connectivity index (χ4n) is 3.27. The molecular weight excluding hydrogens is 416 g/mol. The molecule has 2 aromatic rings. The molecule has 1 aliphatic rings. The van der Waals surface area contributed by atoms with Gasteiger partial charge in [-0.1, -0.05) is 22.9 Å². The molecule has 1 aliphatic heterocycles. The highest BCUT2D eigenvalue weighted by Crippen LogP contribution is 2.35. The van der Waals surface area contributed by atoms with E-state index in [1.807, 2.05) is 13.8 Å². The summed E-state index contributed by atoms with van der Waals surface area (Å²) in [5, 5.41) is 0. The number of sulfonamides is 1. The van der Waals surface area contributed by atoms with Gasteiger partial charge in [0.2, 0.25) is 5.91 Å². The second-order valence-electron chi connectivity index (χ2n) is 6.41. The van der Waals surface area contributed by atoms with Crippen molar-refractivity contribution >= 4 is 43.2 Å². The topological polar surface area (TPSA) is 57.7 Å². The molecular formula is C19H21BrN2O3S. The van der Waals surface area contributed by atoms with E-state index in [1.54, 1.807) is 54.4 Å². The smallest absolute Gasteiger partial charge is 0.264 e. The van der Waals surface area contributed by atoms with Crippen molar-refractivity contribution < 1.29 is 13.2 Å². The molecule has 1 unspecified atom stereocenters. The number of amides is 1. The van der Waals surface area contributed by atoms with E-state index in [0.29, 0.717) is 18.5 Å². The molecule has 1 heterocycles. The first-order valence-electron chi connectivity index (χ1n) is 8.45. The molecule has 5 nitrogen and oxygen atoms in total. The lowest BCUT2D eigenvalue weighted by atomic mass is 10.1. The Balaban J connectivity index is 1.97. The van der Waals surface area contributed by atoms with Gasteiger partial charge < -0.3 is 4.90 Å². The number of hydrogen-bond donors (Lipinski definition) is 0. The van der Waals surface area contributed by atoms with E-state index in [-0.39, 0.29) is 16.8 Å². The Morgan fingerprint density at radius 3 is 2.50 bits per heavy atom. The fraction of sp³-hybridized carbons (Fsp3) is 0.316. The van der Waals surface area contributed by atoms with Gasteiger partial charge in [-0.15, -0.1) is 0 Å². The maximum atomic E-state index is 13.0. The summed E-state index contributed by atoms with van der Waals surface area (Å²) >= 11 is 3.35. The second-order valence-corrected chi connectivity index (χ2v) is 9.29. The minimum absolute atomic E-state index is 0.0413. The van der Waals surface area contributed by atoms with Crippen LogP contribution in [0.25, 0.3) is 0 Å². The van der Waals surface area contributed by atoms with E-state index in [9.17, 15) is 13.2 Å². The van der Waals surface area contributed by atoms with Gasteiger partial charge in [0.15, 0.2) is 0 Å². The molecule has 0 radical (unpaired) electrons. The first-order valence-corrected chi connectivity index (χ1v) is 10.7. The number of benzene rings is 2. The van der Waals surface area contributed by atoms with Crippen LogP contribution in [0.1, 0.15) is 25.8 Å². The maximum absolute atomic E-state index is 13.0. The summed E-state index contributed by atoms with van der Waals surface area (Å²) in [6.45, 7) is 3.81. The van der Waals surface area contributed by atoms with Gasteiger partial charge in [0.05, 0.1) is 10.6 Å². The van der Waals surface area contributed by atoms with Crippen molar-refractivity contribution in [1.29, 1.82) is 0 Å². The number of nitrogens with zero attached hydrogens (tertiary/aromatic N) is 2. The molecule has 7 heteroatoms. The van der Waals surface area contributed by atoms with E-state index in [1.165, 1.54) is 4.31 Å². The van der Waals surface area contributed by atoms with Crippen molar-refractivity contribution in [2.24, 2.45) is 0 Å². The minimum atomic E-state index is -3.67. The molecule has 1 atom stereocenters. The Kier molecular flexibility index (Phi) is 5.12. The van der Waals surface area contributed by atoms with Gasteiger partial charge in [0, 0.05) is 29.7 Å². The normalized spacial score (nSPS) is 16.5. The summed E-state index contributed by atoms with van der Waals surface area (Å²) in [5.41, 5.74) is 2.30. The van der Waals surface area contributed by atoms with E-state index in [2.05, 4.69) is 15.9 Å². The van der Waals surface area contributed by atoms with E-state index >= 15 is 0 Å². The van der Waals surface area contributed by atoms with E-state index in [0.717, 1.165) is 15.7 Å². The molecule has 2 aromatic carbocycles. The third kappa shape index (κ3) is 3.25. The van der Waals surface area contributed by atoms with Crippen molar-refractivity contribution in [3.05, 3.63) is 52.5 Å². The summed E-state index contributed by atoms with van der Waals surface area (Å²) in [7, 11) is -2.13. The Morgan fingerprint density at radius 2 is 1.88 bits per heavy atom. The molecule has 0 fully saturated rings. The molecule has 0 aliphatic carbocycles. The van der Waals surface area contributed by atoms with Crippen molar-refractivity contribution in [1.82, 2.24) is 0 Å². The van der Waals surface area contributed by atoms with Crippen LogP contribution in [0.5, 0.6) is 0 Å². The number of carbonyl (C=O) groups excluding carboxylic acids is 1. The zero-order valence-corrected chi connectivity index (χ0v) is 17.3. The molecule has 0 N–H and O–H groups in total. The van der Waals surface area contributed by atoms with Gasteiger partial charge in [-0.25, -0.2) is 8.42 Å². The Labute approximate surface area is 162 Å². The lowest BCUT2D eigenvalue weighted by Crippen LogP contribution is -2.35. The predicted molar refractivity (Wildman–Crippen MR) is 107 cm³/mol. The molecule has 0 saturated heterocycles. The molecule has 0 aromatic heterocycles. The maximum Gasteiger partial charge on any atom is 0.264 e. The SMILES string of the molecule is CCC(=O)N1c2ccc(S(=O)(=O)N(C)c3ccc(Br)cc3)cc2CC1C. The van der Waals surface area contributed by atoms with Crippen LogP contribution in [-0.4, -0.2) is 27.4 Å². The van der Waals surface area contributed by atoms with Crippen LogP contribution in [0.4, 0.5) is 11.4 Å². The first-order chi connectivity index (χ1) is 12.3. The fourth-order valence-corrected chi connectivity index (χ4v) is 4.78. The lowest BCUT2D eigenvalue weighted by molar-refractivity contribution is -0.118. The van der Waals surface area contributed by atoms with Crippen LogP contribution in [0, 0.1) is 0 Å². The number of fused-ring (bicyclic) bond motifs is 1. The monoisotopic (exact) mass is 436 g/mol. The first kappa shape index (κ1) is 18.9. The highest BCUT2D eigenvalue weighted by Gasteiger charge is 2.32. The van der Waals surface area contributed by atoms with Gasteiger partial charge in [0.1, 0.15) is 0 Å². The summed E-state index contributed by atoms with van der Waals surface area (Å²) in [6.07, 6.45) is 1.09. The zero-order chi connectivity index (χ0) is 19.1. The van der Waals surface area contributed by atoms with Gasteiger partial charge in [-0.2, -0.15) is 0 Å². The number of anilines is 2.